The average molecular weight is 279 g/mol. The summed E-state index contributed by atoms with van der Waals surface area (Å²) in [7, 11) is 0. The lowest BCUT2D eigenvalue weighted by Crippen LogP contribution is -2.09. The summed E-state index contributed by atoms with van der Waals surface area (Å²) >= 11 is 11.3. The van der Waals surface area contributed by atoms with Gasteiger partial charge in [0.1, 0.15) is 11.5 Å². The number of halogens is 2. The molecule has 6 heteroatoms. The largest absolute Gasteiger partial charge is 0.480 e. The Labute approximate surface area is 109 Å². The van der Waals surface area contributed by atoms with Crippen LogP contribution in [0.15, 0.2) is 18.2 Å². The average Bonchev–Trinajstić information content (AvgIpc) is 2.15. The molecule has 0 unspecified atom stereocenters. The van der Waals surface area contributed by atoms with E-state index in [1.54, 1.807) is 6.07 Å². The first-order valence-electron chi connectivity index (χ1n) is 4.59. The predicted octanol–water partition coefficient (Wildman–Crippen LogP) is 3.05. The second-order valence-electron chi connectivity index (χ2n) is 3.17. The lowest BCUT2D eigenvalue weighted by Gasteiger charge is -2.04. The zero-order valence-electron chi connectivity index (χ0n) is 9.37. The van der Waals surface area contributed by atoms with Gasteiger partial charge in [-0.3, -0.25) is 0 Å². The molecule has 0 saturated heterocycles. The molecule has 1 aromatic rings. The van der Waals surface area contributed by atoms with E-state index in [0.717, 1.165) is 0 Å². The molecule has 94 valence electrons. The second kappa shape index (κ2) is 7.92. The van der Waals surface area contributed by atoms with Gasteiger partial charge < -0.3 is 14.6 Å². The number of carboxylic acid groups (broad SMARTS) is 1. The van der Waals surface area contributed by atoms with Crippen molar-refractivity contribution in [1.29, 1.82) is 0 Å². The first-order valence-corrected chi connectivity index (χ1v) is 5.35. The van der Waals surface area contributed by atoms with Crippen molar-refractivity contribution >= 4 is 35.0 Å². The Morgan fingerprint density at radius 1 is 1.29 bits per heavy atom. The molecule has 1 rings (SSSR count). The van der Waals surface area contributed by atoms with E-state index in [2.05, 4.69) is 0 Å². The van der Waals surface area contributed by atoms with Gasteiger partial charge in [0, 0.05) is 5.02 Å². The number of aliphatic carboxylic acids is 1. The number of hydrogen-bond acceptors (Lipinski definition) is 3. The van der Waals surface area contributed by atoms with E-state index < -0.39 is 12.6 Å². The Kier molecular flexibility index (Phi) is 7.34. The lowest BCUT2D eigenvalue weighted by molar-refractivity contribution is -0.139. The van der Waals surface area contributed by atoms with Gasteiger partial charge in [0.2, 0.25) is 0 Å². The number of carbonyl (C=O) groups is 2. The molecule has 1 N–H and O–H groups in total. The Morgan fingerprint density at radius 2 is 1.82 bits per heavy atom. The van der Waals surface area contributed by atoms with Crippen LogP contribution in [-0.4, -0.2) is 23.5 Å². The molecule has 1 aromatic carbocycles. The van der Waals surface area contributed by atoms with E-state index in [0.29, 0.717) is 15.8 Å². The predicted molar refractivity (Wildman–Crippen MR) is 65.9 cm³/mol. The smallest absolute Gasteiger partial charge is 0.341 e. The Balaban J connectivity index is 0.000000557. The van der Waals surface area contributed by atoms with Gasteiger partial charge in [0.15, 0.2) is 6.61 Å². The maximum absolute atomic E-state index is 10.2. The SMILES string of the molecule is CC(C)=O.O=C(O)COc1ccc(Cl)cc1Cl. The van der Waals surface area contributed by atoms with Gasteiger partial charge in [-0.2, -0.15) is 0 Å². The van der Waals surface area contributed by atoms with Crippen LogP contribution >= 0.6 is 23.2 Å². The van der Waals surface area contributed by atoms with Crippen LogP contribution in [0.4, 0.5) is 0 Å². The standard InChI is InChI=1S/C8H6Cl2O3.C3H6O/c9-5-1-2-7(6(10)3-5)13-4-8(11)12;1-3(2)4/h1-3H,4H2,(H,11,12);1-2H3. The summed E-state index contributed by atoms with van der Waals surface area (Å²) in [6.45, 7) is 2.64. The summed E-state index contributed by atoms with van der Waals surface area (Å²) < 4.78 is 4.86. The van der Waals surface area contributed by atoms with Gasteiger partial charge in [-0.05, 0) is 32.0 Å². The van der Waals surface area contributed by atoms with Crippen molar-refractivity contribution in [2.75, 3.05) is 6.61 Å². The van der Waals surface area contributed by atoms with Crippen LogP contribution in [0.2, 0.25) is 10.0 Å². The normalized spacial score (nSPS) is 8.94. The number of ketones is 1. The third kappa shape index (κ3) is 8.54. The maximum atomic E-state index is 10.2. The summed E-state index contributed by atoms with van der Waals surface area (Å²) in [5.74, 6) is -0.570. The van der Waals surface area contributed by atoms with Crippen molar-refractivity contribution in [2.45, 2.75) is 13.8 Å². The minimum Gasteiger partial charge on any atom is -0.480 e. The van der Waals surface area contributed by atoms with Crippen LogP contribution in [0.5, 0.6) is 5.75 Å². The van der Waals surface area contributed by atoms with Gasteiger partial charge in [0.05, 0.1) is 5.02 Å². The Bertz CT molecular complexity index is 400. The monoisotopic (exact) mass is 278 g/mol. The third-order valence-corrected chi connectivity index (χ3v) is 1.78. The van der Waals surface area contributed by atoms with Crippen molar-refractivity contribution in [1.82, 2.24) is 0 Å². The number of Topliss-reactive ketones (excluding diaryl/α,β-unsaturated/α-hetero) is 1. The molecule has 0 aromatic heterocycles. The summed E-state index contributed by atoms with van der Waals surface area (Å²) in [6, 6.07) is 4.58. The fourth-order valence-electron chi connectivity index (χ4n) is 0.732. The highest BCUT2D eigenvalue weighted by molar-refractivity contribution is 6.35. The number of rotatable bonds is 3. The van der Waals surface area contributed by atoms with Crippen LogP contribution in [0.1, 0.15) is 13.8 Å². The molecule has 17 heavy (non-hydrogen) atoms. The summed E-state index contributed by atoms with van der Waals surface area (Å²) in [5, 5.41) is 9.11. The van der Waals surface area contributed by atoms with E-state index >= 15 is 0 Å². The minimum atomic E-state index is -1.05. The van der Waals surface area contributed by atoms with E-state index in [4.69, 9.17) is 33.0 Å². The molecule has 0 radical (unpaired) electrons. The molecule has 0 atom stereocenters. The van der Waals surface area contributed by atoms with Crippen LogP contribution in [0.3, 0.4) is 0 Å². The second-order valence-corrected chi connectivity index (χ2v) is 4.01. The fraction of sp³-hybridized carbons (Fsp3) is 0.273. The number of carbonyl (C=O) groups excluding carboxylic acids is 1. The minimum absolute atomic E-state index is 0.167. The zero-order valence-corrected chi connectivity index (χ0v) is 10.9. The topological polar surface area (TPSA) is 63.6 Å². The first-order chi connectivity index (χ1) is 7.82. The van der Waals surface area contributed by atoms with Gasteiger partial charge in [-0.1, -0.05) is 23.2 Å². The van der Waals surface area contributed by atoms with E-state index in [-0.39, 0.29) is 5.78 Å². The van der Waals surface area contributed by atoms with Gasteiger partial charge in [0.25, 0.3) is 0 Å². The third-order valence-electron chi connectivity index (χ3n) is 1.25. The lowest BCUT2D eigenvalue weighted by atomic mass is 10.3. The highest BCUT2D eigenvalue weighted by atomic mass is 35.5. The molecule has 0 aliphatic rings. The van der Waals surface area contributed by atoms with Crippen LogP contribution < -0.4 is 4.74 Å². The summed E-state index contributed by atoms with van der Waals surface area (Å²) in [4.78, 5) is 19.6. The quantitative estimate of drug-likeness (QED) is 0.923. The van der Waals surface area contributed by atoms with Crippen molar-refractivity contribution in [2.24, 2.45) is 0 Å². The number of carboxylic acids is 1. The van der Waals surface area contributed by atoms with Crippen LogP contribution in [0.25, 0.3) is 0 Å². The Morgan fingerprint density at radius 3 is 2.24 bits per heavy atom. The molecule has 0 aliphatic heterocycles. The molecular formula is C11H12Cl2O4. The Hall–Kier alpha value is -1.26. The van der Waals surface area contributed by atoms with E-state index in [1.165, 1.54) is 26.0 Å². The maximum Gasteiger partial charge on any atom is 0.341 e. The van der Waals surface area contributed by atoms with E-state index in [9.17, 15) is 9.59 Å². The van der Waals surface area contributed by atoms with Crippen molar-refractivity contribution in [3.05, 3.63) is 28.2 Å². The zero-order chi connectivity index (χ0) is 13.4. The fourth-order valence-corrected chi connectivity index (χ4v) is 1.19. The molecule has 0 saturated carbocycles. The van der Waals surface area contributed by atoms with Gasteiger partial charge in [-0.15, -0.1) is 0 Å². The van der Waals surface area contributed by atoms with Gasteiger partial charge in [-0.25, -0.2) is 4.79 Å². The van der Waals surface area contributed by atoms with Crippen LogP contribution in [-0.2, 0) is 9.59 Å². The molecule has 0 aliphatic carbocycles. The molecule has 4 nitrogen and oxygen atoms in total. The summed E-state index contributed by atoms with van der Waals surface area (Å²) in [5.41, 5.74) is 0. The van der Waals surface area contributed by atoms with E-state index in [1.807, 2.05) is 0 Å². The number of ether oxygens (including phenoxy) is 1. The molecular weight excluding hydrogens is 267 g/mol. The summed E-state index contributed by atoms with van der Waals surface area (Å²) in [6.07, 6.45) is 0. The highest BCUT2D eigenvalue weighted by Crippen LogP contribution is 2.27. The number of benzene rings is 1. The molecule has 0 bridgehead atoms. The molecule has 0 heterocycles. The van der Waals surface area contributed by atoms with Crippen LogP contribution in [0, 0.1) is 0 Å². The molecule has 0 amide bonds. The molecule has 0 spiro atoms. The van der Waals surface area contributed by atoms with Crippen molar-refractivity contribution < 1.29 is 19.4 Å². The first kappa shape index (κ1) is 15.7. The van der Waals surface area contributed by atoms with Gasteiger partial charge >= 0.3 is 5.97 Å². The van der Waals surface area contributed by atoms with Crippen molar-refractivity contribution in [3.63, 3.8) is 0 Å². The number of hydrogen-bond donors (Lipinski definition) is 1. The van der Waals surface area contributed by atoms with Crippen molar-refractivity contribution in [3.8, 4) is 5.75 Å². The highest BCUT2D eigenvalue weighted by Gasteiger charge is 2.04. The molecule has 0 fully saturated rings.